The smallest absolute Gasteiger partial charge is 0.0465 e. The summed E-state index contributed by atoms with van der Waals surface area (Å²) in [7, 11) is 0. The van der Waals surface area contributed by atoms with Crippen molar-refractivity contribution in [2.45, 2.75) is 39.0 Å². The molecule has 64 valence electrons. The van der Waals surface area contributed by atoms with Gasteiger partial charge < -0.3 is 4.74 Å². The molecule has 0 saturated carbocycles. The first-order chi connectivity index (χ1) is 5.41. The van der Waals surface area contributed by atoms with E-state index in [0.717, 1.165) is 19.6 Å². The molecule has 0 bridgehead atoms. The standard InChI is InChI=1S/C10H18O/c1-3-5-6-7-8-9-10-11-4-2/h1H,4-10H2,2H3. The highest BCUT2D eigenvalue weighted by molar-refractivity contribution is 4.82. The number of hydrogen-bond donors (Lipinski definition) is 0. The predicted octanol–water partition coefficient (Wildman–Crippen LogP) is 2.61. The molecular weight excluding hydrogens is 136 g/mol. The Bertz CT molecular complexity index is 102. The van der Waals surface area contributed by atoms with E-state index < -0.39 is 0 Å². The van der Waals surface area contributed by atoms with Crippen molar-refractivity contribution in [1.29, 1.82) is 0 Å². The summed E-state index contributed by atoms with van der Waals surface area (Å²) in [5.41, 5.74) is 0. The Hall–Kier alpha value is -0.480. The fourth-order valence-corrected chi connectivity index (χ4v) is 0.929. The maximum atomic E-state index is 5.20. The summed E-state index contributed by atoms with van der Waals surface area (Å²) in [6.45, 7) is 3.77. The van der Waals surface area contributed by atoms with Gasteiger partial charge in [-0.15, -0.1) is 12.3 Å². The van der Waals surface area contributed by atoms with E-state index in [1.165, 1.54) is 25.7 Å². The van der Waals surface area contributed by atoms with Crippen molar-refractivity contribution < 1.29 is 4.74 Å². The van der Waals surface area contributed by atoms with Gasteiger partial charge in [0, 0.05) is 19.6 Å². The molecule has 0 spiro atoms. The highest BCUT2D eigenvalue weighted by Gasteiger charge is 1.88. The van der Waals surface area contributed by atoms with Gasteiger partial charge in [0.2, 0.25) is 0 Å². The van der Waals surface area contributed by atoms with Crippen LogP contribution in [0.15, 0.2) is 0 Å². The fraction of sp³-hybridized carbons (Fsp3) is 0.800. The molecule has 1 heteroatoms. The van der Waals surface area contributed by atoms with Gasteiger partial charge in [0.15, 0.2) is 0 Å². The molecule has 0 rings (SSSR count). The normalized spacial score (nSPS) is 9.45. The van der Waals surface area contributed by atoms with E-state index in [-0.39, 0.29) is 0 Å². The number of terminal acetylenes is 1. The average Bonchev–Trinajstić information content (AvgIpc) is 2.03. The lowest BCUT2D eigenvalue weighted by molar-refractivity contribution is 0.143. The van der Waals surface area contributed by atoms with Gasteiger partial charge in [-0.1, -0.05) is 12.8 Å². The molecule has 0 unspecified atom stereocenters. The topological polar surface area (TPSA) is 9.23 Å². The van der Waals surface area contributed by atoms with Gasteiger partial charge in [0.05, 0.1) is 0 Å². The van der Waals surface area contributed by atoms with Crippen LogP contribution in [0.1, 0.15) is 39.0 Å². The number of rotatable bonds is 7. The Morgan fingerprint density at radius 2 is 1.91 bits per heavy atom. The number of hydrogen-bond acceptors (Lipinski definition) is 1. The third-order valence-corrected chi connectivity index (χ3v) is 1.56. The van der Waals surface area contributed by atoms with Crippen molar-refractivity contribution in [2.75, 3.05) is 13.2 Å². The van der Waals surface area contributed by atoms with Gasteiger partial charge in [-0.25, -0.2) is 0 Å². The van der Waals surface area contributed by atoms with Crippen molar-refractivity contribution in [3.05, 3.63) is 0 Å². The Morgan fingerprint density at radius 1 is 1.18 bits per heavy atom. The lowest BCUT2D eigenvalue weighted by atomic mass is 10.1. The minimum Gasteiger partial charge on any atom is -0.382 e. The molecule has 0 aromatic rings. The first kappa shape index (κ1) is 10.5. The second kappa shape index (κ2) is 9.52. The highest BCUT2D eigenvalue weighted by atomic mass is 16.5. The van der Waals surface area contributed by atoms with E-state index in [1.54, 1.807) is 0 Å². The van der Waals surface area contributed by atoms with Crippen LogP contribution in [0.4, 0.5) is 0 Å². The fourth-order valence-electron chi connectivity index (χ4n) is 0.929. The summed E-state index contributed by atoms with van der Waals surface area (Å²) in [4.78, 5) is 0. The van der Waals surface area contributed by atoms with Gasteiger partial charge in [0.25, 0.3) is 0 Å². The summed E-state index contributed by atoms with van der Waals surface area (Å²) in [6, 6.07) is 0. The van der Waals surface area contributed by atoms with Crippen LogP contribution in [0.25, 0.3) is 0 Å². The van der Waals surface area contributed by atoms with E-state index in [1.807, 2.05) is 6.92 Å². The minimum absolute atomic E-state index is 0.838. The van der Waals surface area contributed by atoms with Gasteiger partial charge in [-0.2, -0.15) is 0 Å². The SMILES string of the molecule is C#CCCCCCCOCC. The number of unbranched alkanes of at least 4 members (excludes halogenated alkanes) is 4. The van der Waals surface area contributed by atoms with Crippen molar-refractivity contribution >= 4 is 0 Å². The monoisotopic (exact) mass is 154 g/mol. The van der Waals surface area contributed by atoms with Crippen LogP contribution in [0.3, 0.4) is 0 Å². The van der Waals surface area contributed by atoms with Crippen LogP contribution < -0.4 is 0 Å². The molecule has 0 heterocycles. The molecule has 0 atom stereocenters. The Kier molecular flexibility index (Phi) is 9.10. The summed E-state index contributed by atoms with van der Waals surface area (Å²) in [6.07, 6.45) is 10.9. The molecule has 0 amide bonds. The molecule has 0 saturated heterocycles. The summed E-state index contributed by atoms with van der Waals surface area (Å²) < 4.78 is 5.20. The van der Waals surface area contributed by atoms with Crippen molar-refractivity contribution in [1.82, 2.24) is 0 Å². The van der Waals surface area contributed by atoms with Crippen LogP contribution in [-0.2, 0) is 4.74 Å². The lowest BCUT2D eigenvalue weighted by Gasteiger charge is -1.99. The van der Waals surface area contributed by atoms with E-state index in [9.17, 15) is 0 Å². The van der Waals surface area contributed by atoms with E-state index in [2.05, 4.69) is 5.92 Å². The van der Waals surface area contributed by atoms with Gasteiger partial charge in [-0.3, -0.25) is 0 Å². The average molecular weight is 154 g/mol. The molecule has 0 aliphatic carbocycles. The van der Waals surface area contributed by atoms with Gasteiger partial charge in [0.1, 0.15) is 0 Å². The Labute approximate surface area is 70.1 Å². The van der Waals surface area contributed by atoms with E-state index in [4.69, 9.17) is 11.2 Å². The molecule has 0 aromatic heterocycles. The summed E-state index contributed by atoms with van der Waals surface area (Å²) in [5, 5.41) is 0. The third kappa shape index (κ3) is 9.52. The zero-order chi connectivity index (χ0) is 8.36. The molecule has 0 radical (unpaired) electrons. The quantitative estimate of drug-likeness (QED) is 0.404. The molecule has 0 N–H and O–H groups in total. The Morgan fingerprint density at radius 3 is 2.55 bits per heavy atom. The molecule has 0 fully saturated rings. The maximum absolute atomic E-state index is 5.20. The molecule has 0 aliphatic heterocycles. The maximum Gasteiger partial charge on any atom is 0.0465 e. The summed E-state index contributed by atoms with van der Waals surface area (Å²) >= 11 is 0. The lowest BCUT2D eigenvalue weighted by Crippen LogP contribution is -1.92. The van der Waals surface area contributed by atoms with Crippen LogP contribution >= 0.6 is 0 Å². The van der Waals surface area contributed by atoms with E-state index >= 15 is 0 Å². The molecular formula is C10H18O. The zero-order valence-electron chi connectivity index (χ0n) is 7.44. The number of ether oxygens (including phenoxy) is 1. The van der Waals surface area contributed by atoms with Crippen molar-refractivity contribution in [2.24, 2.45) is 0 Å². The second-order valence-electron chi connectivity index (χ2n) is 2.57. The van der Waals surface area contributed by atoms with Crippen LogP contribution in [0, 0.1) is 12.3 Å². The first-order valence-electron chi connectivity index (χ1n) is 4.43. The van der Waals surface area contributed by atoms with Crippen molar-refractivity contribution in [3.63, 3.8) is 0 Å². The second-order valence-corrected chi connectivity index (χ2v) is 2.57. The zero-order valence-corrected chi connectivity index (χ0v) is 7.44. The van der Waals surface area contributed by atoms with Crippen molar-refractivity contribution in [3.8, 4) is 12.3 Å². The van der Waals surface area contributed by atoms with E-state index in [0.29, 0.717) is 0 Å². The summed E-state index contributed by atoms with van der Waals surface area (Å²) in [5.74, 6) is 2.64. The van der Waals surface area contributed by atoms with Crippen LogP contribution in [-0.4, -0.2) is 13.2 Å². The Balaban J connectivity index is 2.75. The van der Waals surface area contributed by atoms with Gasteiger partial charge >= 0.3 is 0 Å². The largest absolute Gasteiger partial charge is 0.382 e. The molecule has 1 nitrogen and oxygen atoms in total. The minimum atomic E-state index is 0.838. The third-order valence-electron chi connectivity index (χ3n) is 1.56. The molecule has 11 heavy (non-hydrogen) atoms. The molecule has 0 aromatic carbocycles. The van der Waals surface area contributed by atoms with Crippen LogP contribution in [0.2, 0.25) is 0 Å². The highest BCUT2D eigenvalue weighted by Crippen LogP contribution is 2.01. The predicted molar refractivity (Wildman–Crippen MR) is 48.4 cm³/mol. The van der Waals surface area contributed by atoms with Crippen LogP contribution in [0.5, 0.6) is 0 Å². The molecule has 0 aliphatic rings. The first-order valence-corrected chi connectivity index (χ1v) is 4.43. The van der Waals surface area contributed by atoms with Gasteiger partial charge in [-0.05, 0) is 19.8 Å².